The minimum atomic E-state index is -0.581. The first kappa shape index (κ1) is 20.3. The molecule has 0 aliphatic carbocycles. The first-order chi connectivity index (χ1) is 12.8. The van der Waals surface area contributed by atoms with Gasteiger partial charge < -0.3 is 5.32 Å². The van der Waals surface area contributed by atoms with Crippen LogP contribution in [0.5, 0.6) is 0 Å². The van der Waals surface area contributed by atoms with E-state index in [0.29, 0.717) is 10.7 Å². The van der Waals surface area contributed by atoms with Crippen LogP contribution in [0.3, 0.4) is 0 Å². The maximum absolute atomic E-state index is 12.8. The lowest BCUT2D eigenvalue weighted by Crippen LogP contribution is -2.46. The molecule has 0 unspecified atom stereocenters. The Kier molecular flexibility index (Phi) is 7.27. The number of benzene rings is 2. The molecule has 0 fully saturated rings. The van der Waals surface area contributed by atoms with Gasteiger partial charge in [0, 0.05) is 5.56 Å². The number of hydrogen-bond acceptors (Lipinski definition) is 4. The number of amides is 3. The molecule has 9 heteroatoms. The van der Waals surface area contributed by atoms with E-state index in [1.54, 1.807) is 31.3 Å². The smallest absolute Gasteiger partial charge is 0.269 e. The van der Waals surface area contributed by atoms with Crippen LogP contribution < -0.4 is 16.2 Å². The molecule has 0 saturated carbocycles. The molecule has 3 N–H and O–H groups in total. The summed E-state index contributed by atoms with van der Waals surface area (Å²) in [5.74, 6) is -1.90. The zero-order valence-electron chi connectivity index (χ0n) is 14.5. The van der Waals surface area contributed by atoms with Crippen LogP contribution in [0.1, 0.15) is 10.4 Å². The summed E-state index contributed by atoms with van der Waals surface area (Å²) in [4.78, 5) is 37.1. The zero-order valence-corrected chi connectivity index (χ0v) is 15.2. The van der Waals surface area contributed by atoms with Crippen molar-refractivity contribution in [3.05, 3.63) is 64.9 Å². The van der Waals surface area contributed by atoms with Crippen LogP contribution in [0, 0.1) is 5.82 Å². The molecule has 3 amide bonds. The van der Waals surface area contributed by atoms with Crippen LogP contribution in [0.4, 0.5) is 10.1 Å². The fourth-order valence-electron chi connectivity index (χ4n) is 2.14. The number of hydrazine groups is 1. The number of nitrogens with zero attached hydrogens (tertiary/aromatic N) is 1. The number of carbonyl (C=O) groups is 3. The molecular formula is C18H18ClFN4O3. The van der Waals surface area contributed by atoms with E-state index in [4.69, 9.17) is 11.6 Å². The number of hydrogen-bond donors (Lipinski definition) is 3. The van der Waals surface area contributed by atoms with Gasteiger partial charge in [-0.15, -0.1) is 0 Å². The maximum Gasteiger partial charge on any atom is 0.269 e. The quantitative estimate of drug-likeness (QED) is 0.654. The van der Waals surface area contributed by atoms with Crippen LogP contribution in [-0.2, 0) is 9.59 Å². The highest BCUT2D eigenvalue weighted by molar-refractivity contribution is 6.33. The van der Waals surface area contributed by atoms with Crippen molar-refractivity contribution in [1.82, 2.24) is 15.8 Å². The standard InChI is InChI=1S/C18H18ClFN4O3/c1-24(10-16(25)21-15-5-3-2-4-14(15)19)11-17(26)22-23-18(27)12-6-8-13(20)9-7-12/h2-9H,10-11H2,1H3,(H,21,25)(H,22,26)(H,23,27). The van der Waals surface area contributed by atoms with Crippen molar-refractivity contribution in [1.29, 1.82) is 0 Å². The molecule has 27 heavy (non-hydrogen) atoms. The van der Waals surface area contributed by atoms with Gasteiger partial charge in [0.15, 0.2) is 0 Å². The largest absolute Gasteiger partial charge is 0.324 e. The van der Waals surface area contributed by atoms with Crippen LogP contribution in [0.2, 0.25) is 5.02 Å². The second-order valence-corrected chi connectivity index (χ2v) is 6.12. The van der Waals surface area contributed by atoms with E-state index in [0.717, 1.165) is 12.1 Å². The lowest BCUT2D eigenvalue weighted by atomic mass is 10.2. The van der Waals surface area contributed by atoms with E-state index < -0.39 is 17.6 Å². The molecule has 0 heterocycles. The predicted octanol–water partition coefficient (Wildman–Crippen LogP) is 1.81. The van der Waals surface area contributed by atoms with Crippen LogP contribution >= 0.6 is 11.6 Å². The molecule has 0 spiro atoms. The fraction of sp³-hybridized carbons (Fsp3) is 0.167. The Morgan fingerprint density at radius 2 is 1.59 bits per heavy atom. The molecule has 0 aliphatic rings. The lowest BCUT2D eigenvalue weighted by molar-refractivity contribution is -0.123. The molecular weight excluding hydrogens is 375 g/mol. The summed E-state index contributed by atoms with van der Waals surface area (Å²) < 4.78 is 12.8. The number of anilines is 1. The lowest BCUT2D eigenvalue weighted by Gasteiger charge is -2.16. The van der Waals surface area contributed by atoms with E-state index in [9.17, 15) is 18.8 Å². The summed E-state index contributed by atoms with van der Waals surface area (Å²) in [6, 6.07) is 11.7. The number of rotatable bonds is 6. The number of halogens is 2. The molecule has 0 bridgehead atoms. The van der Waals surface area contributed by atoms with Crippen LogP contribution in [0.25, 0.3) is 0 Å². The SMILES string of the molecule is CN(CC(=O)NNC(=O)c1ccc(F)cc1)CC(=O)Nc1ccccc1Cl. The minimum Gasteiger partial charge on any atom is -0.324 e. The highest BCUT2D eigenvalue weighted by atomic mass is 35.5. The Labute approximate surface area is 160 Å². The Morgan fingerprint density at radius 3 is 2.26 bits per heavy atom. The van der Waals surface area contributed by atoms with Crippen LogP contribution in [-0.4, -0.2) is 42.8 Å². The number of likely N-dealkylation sites (N-methyl/N-ethyl adjacent to an activating group) is 1. The average Bonchev–Trinajstić information content (AvgIpc) is 2.62. The zero-order chi connectivity index (χ0) is 19.8. The fourth-order valence-corrected chi connectivity index (χ4v) is 2.32. The summed E-state index contributed by atoms with van der Waals surface area (Å²) in [6.45, 7) is -0.176. The Morgan fingerprint density at radius 1 is 0.963 bits per heavy atom. The first-order valence-electron chi connectivity index (χ1n) is 7.93. The molecule has 0 radical (unpaired) electrons. The summed E-state index contributed by atoms with van der Waals surface area (Å²) in [5, 5.41) is 3.06. The van der Waals surface area contributed by atoms with Crippen molar-refractivity contribution in [3.8, 4) is 0 Å². The average molecular weight is 393 g/mol. The van der Waals surface area contributed by atoms with E-state index in [-0.39, 0.29) is 24.6 Å². The number of para-hydroxylation sites is 1. The van der Waals surface area contributed by atoms with Crippen molar-refractivity contribution in [2.75, 3.05) is 25.5 Å². The van der Waals surface area contributed by atoms with Gasteiger partial charge in [-0.1, -0.05) is 23.7 Å². The van der Waals surface area contributed by atoms with E-state index in [1.165, 1.54) is 17.0 Å². The Balaban J connectivity index is 1.74. The second kappa shape index (κ2) is 9.65. The predicted molar refractivity (Wildman–Crippen MR) is 99.6 cm³/mol. The van der Waals surface area contributed by atoms with Crippen molar-refractivity contribution >= 4 is 35.0 Å². The summed E-state index contributed by atoms with van der Waals surface area (Å²) >= 11 is 5.97. The molecule has 0 saturated heterocycles. The van der Waals surface area contributed by atoms with Gasteiger partial charge >= 0.3 is 0 Å². The van der Waals surface area contributed by atoms with Crippen LogP contribution in [0.15, 0.2) is 48.5 Å². The van der Waals surface area contributed by atoms with Gasteiger partial charge in [0.05, 0.1) is 23.8 Å². The molecule has 2 rings (SSSR count). The second-order valence-electron chi connectivity index (χ2n) is 5.71. The highest BCUT2D eigenvalue weighted by Gasteiger charge is 2.13. The van der Waals surface area contributed by atoms with Gasteiger partial charge in [-0.2, -0.15) is 0 Å². The van der Waals surface area contributed by atoms with Gasteiger partial charge in [0.2, 0.25) is 5.91 Å². The monoisotopic (exact) mass is 392 g/mol. The van der Waals surface area contributed by atoms with Crippen molar-refractivity contribution < 1.29 is 18.8 Å². The molecule has 0 atom stereocenters. The van der Waals surface area contributed by atoms with E-state index in [1.807, 2.05) is 0 Å². The van der Waals surface area contributed by atoms with Gasteiger partial charge in [-0.3, -0.25) is 30.1 Å². The molecule has 7 nitrogen and oxygen atoms in total. The number of nitrogens with one attached hydrogen (secondary N) is 3. The van der Waals surface area contributed by atoms with Crippen molar-refractivity contribution in [3.63, 3.8) is 0 Å². The van der Waals surface area contributed by atoms with Gasteiger partial charge in [-0.25, -0.2) is 4.39 Å². The van der Waals surface area contributed by atoms with Gasteiger partial charge in [-0.05, 0) is 43.4 Å². The summed E-state index contributed by atoms with van der Waals surface area (Å²) in [7, 11) is 1.58. The minimum absolute atomic E-state index is 0.0510. The van der Waals surface area contributed by atoms with Crippen molar-refractivity contribution in [2.24, 2.45) is 0 Å². The third-order valence-corrected chi connectivity index (χ3v) is 3.73. The molecule has 2 aromatic carbocycles. The maximum atomic E-state index is 12.8. The van der Waals surface area contributed by atoms with E-state index >= 15 is 0 Å². The summed E-state index contributed by atoms with van der Waals surface area (Å²) in [6.07, 6.45) is 0. The Hall–Kier alpha value is -2.97. The molecule has 142 valence electrons. The molecule has 0 aromatic heterocycles. The highest BCUT2D eigenvalue weighted by Crippen LogP contribution is 2.20. The summed E-state index contributed by atoms with van der Waals surface area (Å²) in [5.41, 5.74) is 5.13. The third kappa shape index (κ3) is 6.69. The van der Waals surface area contributed by atoms with Gasteiger partial charge in [0.25, 0.3) is 11.8 Å². The molecule has 0 aliphatic heterocycles. The van der Waals surface area contributed by atoms with E-state index in [2.05, 4.69) is 16.2 Å². The van der Waals surface area contributed by atoms with Gasteiger partial charge in [0.1, 0.15) is 5.82 Å². The topological polar surface area (TPSA) is 90.5 Å². The first-order valence-corrected chi connectivity index (χ1v) is 8.30. The number of carbonyl (C=O) groups excluding carboxylic acids is 3. The molecule has 2 aromatic rings. The normalized spacial score (nSPS) is 10.4. The third-order valence-electron chi connectivity index (χ3n) is 3.40. The van der Waals surface area contributed by atoms with Crippen molar-refractivity contribution in [2.45, 2.75) is 0 Å². The Bertz CT molecular complexity index is 830.